The monoisotopic (exact) mass is 340 g/mol. The van der Waals surface area contributed by atoms with Crippen molar-refractivity contribution in [3.63, 3.8) is 0 Å². The molecule has 2 aromatic carbocycles. The third-order valence-electron chi connectivity index (χ3n) is 4.01. The van der Waals surface area contributed by atoms with Gasteiger partial charge >= 0.3 is 11.8 Å². The number of para-hydroxylation sites is 1. The second kappa shape index (κ2) is 8.33. The van der Waals surface area contributed by atoms with E-state index in [1.165, 1.54) is 0 Å². The smallest absolute Gasteiger partial charge is 0.313 e. The number of aromatic hydroxyl groups is 1. The summed E-state index contributed by atoms with van der Waals surface area (Å²) in [5.41, 5.74) is 3.61. The molecule has 0 spiro atoms. The van der Waals surface area contributed by atoms with E-state index >= 15 is 0 Å². The molecule has 0 aliphatic carbocycles. The van der Waals surface area contributed by atoms with Crippen LogP contribution in [0.3, 0.4) is 0 Å². The van der Waals surface area contributed by atoms with Crippen LogP contribution < -0.4 is 10.6 Å². The summed E-state index contributed by atoms with van der Waals surface area (Å²) in [6, 6.07) is 12.6. The lowest BCUT2D eigenvalue weighted by Gasteiger charge is -2.16. The minimum atomic E-state index is -0.665. The molecule has 0 heterocycles. The van der Waals surface area contributed by atoms with E-state index in [2.05, 4.69) is 10.6 Å². The molecular weight excluding hydrogens is 316 g/mol. The summed E-state index contributed by atoms with van der Waals surface area (Å²) in [5, 5.41) is 14.6. The lowest BCUT2D eigenvalue weighted by Crippen LogP contribution is -2.36. The summed E-state index contributed by atoms with van der Waals surface area (Å²) in [4.78, 5) is 24.2. The Kier molecular flexibility index (Phi) is 6.17. The Bertz CT molecular complexity index is 752. The highest BCUT2D eigenvalue weighted by Crippen LogP contribution is 2.27. The second-order valence-electron chi connectivity index (χ2n) is 6.32. The largest absolute Gasteiger partial charge is 0.508 e. The highest BCUT2D eigenvalue weighted by Gasteiger charge is 2.17. The summed E-state index contributed by atoms with van der Waals surface area (Å²) in [6.45, 7) is 6.34. The number of benzene rings is 2. The van der Waals surface area contributed by atoms with Crippen molar-refractivity contribution < 1.29 is 14.7 Å². The number of phenolic OH excluding ortho intramolecular Hbond substituents is 1. The molecule has 0 saturated heterocycles. The van der Waals surface area contributed by atoms with Gasteiger partial charge in [-0.05, 0) is 48.1 Å². The molecule has 3 N–H and O–H groups in total. The molecule has 0 radical (unpaired) electrons. The second-order valence-corrected chi connectivity index (χ2v) is 6.32. The lowest BCUT2D eigenvalue weighted by atomic mass is 9.98. The van der Waals surface area contributed by atoms with Gasteiger partial charge in [0, 0.05) is 12.2 Å². The average molecular weight is 340 g/mol. The zero-order valence-electron chi connectivity index (χ0n) is 14.8. The predicted molar refractivity (Wildman–Crippen MR) is 98.7 cm³/mol. The van der Waals surface area contributed by atoms with Crippen molar-refractivity contribution in [2.45, 2.75) is 33.1 Å². The maximum atomic E-state index is 12.2. The molecule has 0 atom stereocenters. The van der Waals surface area contributed by atoms with Gasteiger partial charge < -0.3 is 15.7 Å². The molecule has 5 heteroatoms. The average Bonchev–Trinajstić information content (AvgIpc) is 2.58. The Morgan fingerprint density at radius 1 is 1.04 bits per heavy atom. The van der Waals surface area contributed by atoms with Crippen LogP contribution in [0, 0.1) is 6.92 Å². The summed E-state index contributed by atoms with van der Waals surface area (Å²) in [5.74, 6) is -0.877. The first-order valence-electron chi connectivity index (χ1n) is 8.35. The third kappa shape index (κ3) is 5.08. The van der Waals surface area contributed by atoms with Crippen molar-refractivity contribution in [2.75, 3.05) is 11.9 Å². The standard InChI is InChI=1S/C20H24N2O3/c1-13(2)17-6-4-5-14(3)18(17)22-20(25)19(24)21-12-11-15-7-9-16(23)10-8-15/h4-10,13,23H,11-12H2,1-3H3,(H,21,24)(H,22,25). The number of hydrogen-bond donors (Lipinski definition) is 3. The molecule has 0 unspecified atom stereocenters. The Morgan fingerprint density at radius 2 is 1.72 bits per heavy atom. The summed E-state index contributed by atoms with van der Waals surface area (Å²) >= 11 is 0. The molecule has 0 aromatic heterocycles. The first kappa shape index (κ1) is 18.5. The topological polar surface area (TPSA) is 78.4 Å². The molecule has 25 heavy (non-hydrogen) atoms. The maximum absolute atomic E-state index is 12.2. The van der Waals surface area contributed by atoms with Gasteiger partial charge in [0.05, 0.1) is 0 Å². The predicted octanol–water partition coefficient (Wildman–Crippen LogP) is 3.12. The van der Waals surface area contributed by atoms with Crippen molar-refractivity contribution in [1.29, 1.82) is 0 Å². The fourth-order valence-electron chi connectivity index (χ4n) is 2.58. The Hall–Kier alpha value is -2.82. The van der Waals surface area contributed by atoms with Gasteiger partial charge in [-0.2, -0.15) is 0 Å². The molecule has 0 aliphatic heterocycles. The molecule has 2 rings (SSSR count). The number of aryl methyl sites for hydroxylation is 1. The Morgan fingerprint density at radius 3 is 2.36 bits per heavy atom. The van der Waals surface area contributed by atoms with Crippen LogP contribution in [0.15, 0.2) is 42.5 Å². The van der Waals surface area contributed by atoms with Crippen LogP contribution in [0.4, 0.5) is 5.69 Å². The summed E-state index contributed by atoms with van der Waals surface area (Å²) in [7, 11) is 0. The third-order valence-corrected chi connectivity index (χ3v) is 4.01. The van der Waals surface area contributed by atoms with Gasteiger partial charge in [0.1, 0.15) is 5.75 Å². The first-order chi connectivity index (χ1) is 11.9. The van der Waals surface area contributed by atoms with E-state index in [0.717, 1.165) is 16.7 Å². The zero-order chi connectivity index (χ0) is 18.4. The SMILES string of the molecule is Cc1cccc(C(C)C)c1NC(=O)C(=O)NCCc1ccc(O)cc1. The molecule has 5 nitrogen and oxygen atoms in total. The normalized spacial score (nSPS) is 10.6. The first-order valence-corrected chi connectivity index (χ1v) is 8.35. The maximum Gasteiger partial charge on any atom is 0.313 e. The number of nitrogens with one attached hydrogen (secondary N) is 2. The number of hydrogen-bond acceptors (Lipinski definition) is 3. The summed E-state index contributed by atoms with van der Waals surface area (Å²) < 4.78 is 0. The minimum absolute atomic E-state index is 0.200. The van der Waals surface area contributed by atoms with Gasteiger partial charge in [0.25, 0.3) is 0 Å². The van der Waals surface area contributed by atoms with Gasteiger partial charge in [-0.15, -0.1) is 0 Å². The van der Waals surface area contributed by atoms with E-state index in [4.69, 9.17) is 0 Å². The highest BCUT2D eigenvalue weighted by atomic mass is 16.3. The van der Waals surface area contributed by atoms with E-state index in [-0.39, 0.29) is 11.7 Å². The van der Waals surface area contributed by atoms with E-state index in [1.807, 2.05) is 39.0 Å². The van der Waals surface area contributed by atoms with Gasteiger partial charge in [-0.1, -0.05) is 44.2 Å². The van der Waals surface area contributed by atoms with Crippen molar-refractivity contribution in [1.82, 2.24) is 5.32 Å². The lowest BCUT2D eigenvalue weighted by molar-refractivity contribution is -0.136. The van der Waals surface area contributed by atoms with E-state index < -0.39 is 11.8 Å². The van der Waals surface area contributed by atoms with Gasteiger partial charge in [0.2, 0.25) is 0 Å². The van der Waals surface area contributed by atoms with Crippen LogP contribution in [0.1, 0.15) is 36.5 Å². The molecule has 2 amide bonds. The molecule has 0 fully saturated rings. The van der Waals surface area contributed by atoms with Crippen molar-refractivity contribution in [2.24, 2.45) is 0 Å². The van der Waals surface area contributed by atoms with Crippen LogP contribution >= 0.6 is 0 Å². The molecule has 0 bridgehead atoms. The highest BCUT2D eigenvalue weighted by molar-refractivity contribution is 6.39. The molecule has 0 saturated carbocycles. The van der Waals surface area contributed by atoms with Crippen molar-refractivity contribution in [3.05, 3.63) is 59.2 Å². The number of carbonyl (C=O) groups excluding carboxylic acids is 2. The van der Waals surface area contributed by atoms with Crippen LogP contribution in [0.2, 0.25) is 0 Å². The number of phenols is 1. The van der Waals surface area contributed by atoms with Crippen LogP contribution in [0.5, 0.6) is 5.75 Å². The fourth-order valence-corrected chi connectivity index (χ4v) is 2.58. The van der Waals surface area contributed by atoms with Crippen LogP contribution in [-0.2, 0) is 16.0 Å². The van der Waals surface area contributed by atoms with Gasteiger partial charge in [-0.3, -0.25) is 9.59 Å². The Labute approximate surface area is 148 Å². The van der Waals surface area contributed by atoms with Crippen LogP contribution in [0.25, 0.3) is 0 Å². The van der Waals surface area contributed by atoms with Gasteiger partial charge in [0.15, 0.2) is 0 Å². The molecule has 0 aliphatic rings. The number of carbonyl (C=O) groups is 2. The zero-order valence-corrected chi connectivity index (χ0v) is 14.8. The van der Waals surface area contributed by atoms with Gasteiger partial charge in [-0.25, -0.2) is 0 Å². The van der Waals surface area contributed by atoms with E-state index in [1.54, 1.807) is 24.3 Å². The van der Waals surface area contributed by atoms with Crippen molar-refractivity contribution >= 4 is 17.5 Å². The Balaban J connectivity index is 1.92. The van der Waals surface area contributed by atoms with Crippen molar-refractivity contribution in [3.8, 4) is 5.75 Å². The quantitative estimate of drug-likeness (QED) is 0.732. The number of amides is 2. The number of rotatable bonds is 5. The number of anilines is 1. The molecular formula is C20H24N2O3. The van der Waals surface area contributed by atoms with E-state index in [9.17, 15) is 14.7 Å². The minimum Gasteiger partial charge on any atom is -0.508 e. The summed E-state index contributed by atoms with van der Waals surface area (Å²) in [6.07, 6.45) is 0.584. The molecule has 132 valence electrons. The van der Waals surface area contributed by atoms with E-state index in [0.29, 0.717) is 18.7 Å². The fraction of sp³-hybridized carbons (Fsp3) is 0.300. The van der Waals surface area contributed by atoms with Crippen LogP contribution in [-0.4, -0.2) is 23.5 Å². The molecule has 2 aromatic rings.